The Morgan fingerprint density at radius 1 is 1.35 bits per heavy atom. The highest BCUT2D eigenvalue weighted by Gasteiger charge is 2.50. The summed E-state index contributed by atoms with van der Waals surface area (Å²) in [6.45, 7) is 2.63. The molecule has 2 rings (SSSR count). The van der Waals surface area contributed by atoms with Crippen LogP contribution in [0.3, 0.4) is 0 Å². The number of hydrogen-bond acceptors (Lipinski definition) is 5. The molecule has 1 aromatic carbocycles. The number of alkyl halides is 1. The molecule has 1 heterocycles. The third-order valence-electron chi connectivity index (χ3n) is 3.63. The number of esters is 1. The number of nitrogens with one attached hydrogen (secondary N) is 1. The summed E-state index contributed by atoms with van der Waals surface area (Å²) in [6.07, 6.45) is 0.800. The van der Waals surface area contributed by atoms with Gasteiger partial charge in [-0.15, -0.1) is 0 Å². The highest BCUT2D eigenvalue weighted by molar-refractivity contribution is 9.09. The minimum Gasteiger partial charge on any atom is -0.456 e. The van der Waals surface area contributed by atoms with Crippen LogP contribution in [0.5, 0.6) is 0 Å². The fraction of sp³-hybridized carbons (Fsp3) is 0.353. The number of Topliss-reactive ketones (excluding diaryl/α,β-unsaturated/α-hetero) is 1. The lowest BCUT2D eigenvalue weighted by Gasteiger charge is -2.24. The van der Waals surface area contributed by atoms with Crippen LogP contribution in [-0.4, -0.2) is 23.0 Å². The van der Waals surface area contributed by atoms with Gasteiger partial charge in [-0.25, -0.2) is 0 Å². The number of amides is 1. The Kier molecular flexibility index (Phi) is 6.71. The van der Waals surface area contributed by atoms with Gasteiger partial charge in [-0.05, 0) is 25.5 Å². The summed E-state index contributed by atoms with van der Waals surface area (Å²) < 4.78 is 10.7. The highest BCUT2D eigenvalue weighted by Crippen LogP contribution is 2.41. The van der Waals surface area contributed by atoms with E-state index in [1.54, 1.807) is 12.1 Å². The van der Waals surface area contributed by atoms with Crippen LogP contribution in [0.15, 0.2) is 29.8 Å². The Hall–Kier alpha value is -1.57. The van der Waals surface area contributed by atoms with Crippen LogP contribution in [0.2, 0.25) is 10.0 Å². The molecule has 0 aromatic heterocycles. The predicted octanol–water partition coefficient (Wildman–Crippen LogP) is 3.83. The average Bonchev–Trinajstić information content (AvgIpc) is 2.77. The van der Waals surface area contributed by atoms with Crippen LogP contribution in [0.25, 0.3) is 0 Å². The van der Waals surface area contributed by atoms with Crippen molar-refractivity contribution in [2.75, 3.05) is 5.33 Å². The number of benzene rings is 1. The summed E-state index contributed by atoms with van der Waals surface area (Å²) in [5.41, 5.74) is -1.23. The summed E-state index contributed by atoms with van der Waals surface area (Å²) in [6, 6.07) is 4.57. The van der Waals surface area contributed by atoms with Gasteiger partial charge in [0.1, 0.15) is 0 Å². The molecule has 1 aliphatic rings. The lowest BCUT2D eigenvalue weighted by atomic mass is 9.91. The molecular formula is C17H16BrCl2NO5. The molecule has 0 saturated carbocycles. The van der Waals surface area contributed by atoms with Crippen molar-refractivity contribution in [3.8, 4) is 0 Å². The quantitative estimate of drug-likeness (QED) is 0.511. The number of carbonyl (C=O) groups excluding carboxylic acids is 3. The van der Waals surface area contributed by atoms with E-state index in [2.05, 4.69) is 21.2 Å². The van der Waals surface area contributed by atoms with Gasteiger partial charge in [0, 0.05) is 34.3 Å². The average molecular weight is 465 g/mol. The Bertz CT molecular complexity index is 795. The Morgan fingerprint density at radius 3 is 2.62 bits per heavy atom. The standard InChI is InChI=1S/C17H16BrCl2NO5/c1-9(22)25-14-15(24)17(2,11-6-5-10(19)8-12(11)20)26-16(14)21-13(23)4-3-7-18/h5-6,8H,3-4,7H2,1-2H3,(H,21,23). The molecule has 0 saturated heterocycles. The Balaban J connectivity index is 2.38. The van der Waals surface area contributed by atoms with Crippen LogP contribution in [0.4, 0.5) is 0 Å². The van der Waals surface area contributed by atoms with Gasteiger partial charge in [-0.1, -0.05) is 45.2 Å². The van der Waals surface area contributed by atoms with Crippen molar-refractivity contribution in [2.45, 2.75) is 32.3 Å². The SMILES string of the molecule is CC(=O)OC1=C(NC(=O)CCCBr)OC(C)(c2ccc(Cl)cc2Cl)C1=O. The molecule has 9 heteroatoms. The zero-order chi connectivity index (χ0) is 19.5. The first-order valence-corrected chi connectivity index (χ1v) is 9.54. The van der Waals surface area contributed by atoms with Crippen molar-refractivity contribution < 1.29 is 23.9 Å². The first kappa shape index (κ1) is 20.7. The van der Waals surface area contributed by atoms with Gasteiger partial charge < -0.3 is 9.47 Å². The second kappa shape index (κ2) is 8.41. The van der Waals surface area contributed by atoms with E-state index in [1.807, 2.05) is 0 Å². The van der Waals surface area contributed by atoms with E-state index in [4.69, 9.17) is 32.7 Å². The number of rotatable bonds is 6. The van der Waals surface area contributed by atoms with Gasteiger partial charge in [0.25, 0.3) is 5.78 Å². The van der Waals surface area contributed by atoms with E-state index in [-0.39, 0.29) is 29.0 Å². The third kappa shape index (κ3) is 4.39. The lowest BCUT2D eigenvalue weighted by Crippen LogP contribution is -2.33. The summed E-state index contributed by atoms with van der Waals surface area (Å²) in [5, 5.41) is 3.74. The maximum absolute atomic E-state index is 12.9. The maximum Gasteiger partial charge on any atom is 0.308 e. The molecule has 1 N–H and O–H groups in total. The molecule has 0 aliphatic carbocycles. The van der Waals surface area contributed by atoms with E-state index in [9.17, 15) is 14.4 Å². The smallest absolute Gasteiger partial charge is 0.308 e. The maximum atomic E-state index is 12.9. The number of carbonyl (C=O) groups is 3. The molecule has 0 bridgehead atoms. The minimum atomic E-state index is -1.56. The van der Waals surface area contributed by atoms with Crippen LogP contribution in [0, 0.1) is 0 Å². The molecule has 0 spiro atoms. The number of hydrogen-bond donors (Lipinski definition) is 1. The topological polar surface area (TPSA) is 81.7 Å². The van der Waals surface area contributed by atoms with Crippen LogP contribution in [0.1, 0.15) is 32.3 Å². The van der Waals surface area contributed by atoms with Crippen LogP contribution in [-0.2, 0) is 29.5 Å². The molecule has 6 nitrogen and oxygen atoms in total. The fourth-order valence-corrected chi connectivity index (χ4v) is 3.27. The third-order valence-corrected chi connectivity index (χ3v) is 4.74. The predicted molar refractivity (Wildman–Crippen MR) is 99.9 cm³/mol. The summed E-state index contributed by atoms with van der Waals surface area (Å²) in [4.78, 5) is 36.3. The molecule has 140 valence electrons. The van der Waals surface area contributed by atoms with Gasteiger partial charge in [0.2, 0.25) is 23.2 Å². The monoisotopic (exact) mass is 463 g/mol. The van der Waals surface area contributed by atoms with Crippen molar-refractivity contribution in [1.29, 1.82) is 0 Å². The first-order chi connectivity index (χ1) is 12.2. The van der Waals surface area contributed by atoms with E-state index >= 15 is 0 Å². The Morgan fingerprint density at radius 2 is 2.04 bits per heavy atom. The normalized spacial score (nSPS) is 19.3. The van der Waals surface area contributed by atoms with Crippen molar-refractivity contribution >= 4 is 56.8 Å². The van der Waals surface area contributed by atoms with Crippen LogP contribution >= 0.6 is 39.1 Å². The van der Waals surface area contributed by atoms with Crippen molar-refractivity contribution in [1.82, 2.24) is 5.32 Å². The second-order valence-electron chi connectivity index (χ2n) is 5.68. The molecule has 1 unspecified atom stereocenters. The van der Waals surface area contributed by atoms with E-state index in [0.29, 0.717) is 22.3 Å². The van der Waals surface area contributed by atoms with E-state index in [1.165, 1.54) is 13.0 Å². The number of halogens is 3. The molecule has 0 radical (unpaired) electrons. The summed E-state index contributed by atoms with van der Waals surface area (Å²) in [5.74, 6) is -2.29. The second-order valence-corrected chi connectivity index (χ2v) is 7.32. The molecular weight excluding hydrogens is 449 g/mol. The van der Waals surface area contributed by atoms with E-state index < -0.39 is 17.4 Å². The van der Waals surface area contributed by atoms with Gasteiger partial charge in [-0.3, -0.25) is 19.7 Å². The lowest BCUT2D eigenvalue weighted by molar-refractivity contribution is -0.142. The number of ether oxygens (including phenoxy) is 2. The summed E-state index contributed by atoms with van der Waals surface area (Å²) >= 11 is 15.3. The first-order valence-electron chi connectivity index (χ1n) is 7.67. The minimum absolute atomic E-state index is 0.206. The molecule has 0 fully saturated rings. The summed E-state index contributed by atoms with van der Waals surface area (Å²) in [7, 11) is 0. The van der Waals surface area contributed by atoms with Gasteiger partial charge in [0.15, 0.2) is 0 Å². The zero-order valence-electron chi connectivity index (χ0n) is 14.0. The molecule has 1 atom stereocenters. The van der Waals surface area contributed by atoms with Crippen molar-refractivity contribution in [2.24, 2.45) is 0 Å². The molecule has 1 aromatic rings. The zero-order valence-corrected chi connectivity index (χ0v) is 17.1. The van der Waals surface area contributed by atoms with E-state index in [0.717, 1.165) is 6.92 Å². The van der Waals surface area contributed by atoms with Crippen LogP contribution < -0.4 is 5.32 Å². The highest BCUT2D eigenvalue weighted by atomic mass is 79.9. The number of ketones is 1. The van der Waals surface area contributed by atoms with Crippen molar-refractivity contribution in [3.05, 3.63) is 45.5 Å². The molecule has 1 amide bonds. The van der Waals surface area contributed by atoms with Crippen molar-refractivity contribution in [3.63, 3.8) is 0 Å². The van der Waals surface area contributed by atoms with Gasteiger partial charge in [-0.2, -0.15) is 0 Å². The fourth-order valence-electron chi connectivity index (χ4n) is 2.41. The Labute approximate surface area is 168 Å². The van der Waals surface area contributed by atoms with Gasteiger partial charge >= 0.3 is 5.97 Å². The largest absolute Gasteiger partial charge is 0.456 e. The molecule has 26 heavy (non-hydrogen) atoms. The molecule has 1 aliphatic heterocycles. The van der Waals surface area contributed by atoms with Gasteiger partial charge in [0.05, 0.1) is 0 Å².